The van der Waals surface area contributed by atoms with Gasteiger partial charge in [0.2, 0.25) is 0 Å². The molecular weight excluding hydrogens is 148 g/mol. The van der Waals surface area contributed by atoms with E-state index in [0.717, 1.165) is 13.5 Å². The summed E-state index contributed by atoms with van der Waals surface area (Å²) in [7, 11) is 1.00. The summed E-state index contributed by atoms with van der Waals surface area (Å²) in [6, 6.07) is 10.5. The first-order valence-electron chi connectivity index (χ1n) is 4.03. The molecule has 0 aliphatic carbocycles. The smallest absolute Gasteiger partial charge is 0.0319 e. The summed E-state index contributed by atoms with van der Waals surface area (Å²) in [5, 5.41) is 7.00. The van der Waals surface area contributed by atoms with Crippen molar-refractivity contribution in [1.82, 2.24) is 0 Å². The number of hydrogen-bond acceptors (Lipinski definition) is 1. The van der Waals surface area contributed by atoms with Crippen LogP contribution in [0.3, 0.4) is 0 Å². The van der Waals surface area contributed by atoms with Gasteiger partial charge in [0, 0.05) is 7.11 Å². The second-order valence-electron chi connectivity index (χ2n) is 2.26. The van der Waals surface area contributed by atoms with Crippen molar-refractivity contribution < 1.29 is 5.11 Å². The molecule has 1 aromatic carbocycles. The fourth-order valence-corrected chi connectivity index (χ4v) is 0.868. The Kier molecular flexibility index (Phi) is 7.30. The molecule has 1 aromatic rings. The van der Waals surface area contributed by atoms with E-state index in [0.29, 0.717) is 0 Å². The number of benzene rings is 1. The lowest BCUT2D eigenvalue weighted by Gasteiger charge is -1.92. The van der Waals surface area contributed by atoms with Gasteiger partial charge in [-0.25, -0.2) is 0 Å². The number of aliphatic hydroxyl groups excluding tert-OH is 1. The number of rotatable bonds is 2. The van der Waals surface area contributed by atoms with Gasteiger partial charge in [-0.2, -0.15) is 0 Å². The van der Waals surface area contributed by atoms with E-state index in [2.05, 4.69) is 36.4 Å². The first-order chi connectivity index (χ1) is 5.93. The van der Waals surface area contributed by atoms with E-state index in [9.17, 15) is 0 Å². The maximum atomic E-state index is 7.00. The van der Waals surface area contributed by atoms with E-state index in [1.807, 2.05) is 13.0 Å². The van der Waals surface area contributed by atoms with Gasteiger partial charge in [-0.15, -0.1) is 0 Å². The molecular formula is C11H16O. The molecule has 0 aliphatic rings. The van der Waals surface area contributed by atoms with Crippen LogP contribution in [0.15, 0.2) is 42.5 Å². The molecule has 1 nitrogen and oxygen atoms in total. The van der Waals surface area contributed by atoms with Crippen LogP contribution in [-0.4, -0.2) is 12.2 Å². The van der Waals surface area contributed by atoms with E-state index in [4.69, 9.17) is 5.11 Å². The minimum absolute atomic E-state index is 1.00. The predicted molar refractivity (Wildman–Crippen MR) is 53.1 cm³/mol. The molecule has 1 N–H and O–H groups in total. The van der Waals surface area contributed by atoms with Gasteiger partial charge in [0.05, 0.1) is 0 Å². The van der Waals surface area contributed by atoms with Crippen LogP contribution < -0.4 is 0 Å². The first kappa shape index (κ1) is 10.9. The third-order valence-electron chi connectivity index (χ3n) is 1.43. The Morgan fingerprint density at radius 2 is 1.75 bits per heavy atom. The summed E-state index contributed by atoms with van der Waals surface area (Å²) < 4.78 is 0. The molecule has 1 heteroatoms. The fourth-order valence-electron chi connectivity index (χ4n) is 0.868. The van der Waals surface area contributed by atoms with Crippen LogP contribution in [0.4, 0.5) is 0 Å². The number of allylic oxidation sites excluding steroid dienone is 2. The molecule has 0 atom stereocenters. The van der Waals surface area contributed by atoms with Gasteiger partial charge in [0.15, 0.2) is 0 Å². The molecule has 0 amide bonds. The second kappa shape index (κ2) is 8.02. The molecule has 0 saturated carbocycles. The standard InChI is InChI=1S/C10H12.CH4O/c1-2-3-7-10-8-5-4-6-9-10;1-2/h2-6,8-9H,7H2,1H3;2H,1H3/b3-2-;. The van der Waals surface area contributed by atoms with Crippen molar-refractivity contribution >= 4 is 0 Å². The average Bonchev–Trinajstić information content (AvgIpc) is 2.19. The largest absolute Gasteiger partial charge is 0.400 e. The van der Waals surface area contributed by atoms with Crippen molar-refractivity contribution in [2.75, 3.05) is 7.11 Å². The van der Waals surface area contributed by atoms with Crippen molar-refractivity contribution in [3.05, 3.63) is 48.0 Å². The molecule has 0 saturated heterocycles. The normalized spacial score (nSPS) is 9.25. The lowest BCUT2D eigenvalue weighted by molar-refractivity contribution is 0.399. The zero-order valence-electron chi connectivity index (χ0n) is 7.70. The summed E-state index contributed by atoms with van der Waals surface area (Å²) in [5.74, 6) is 0. The molecule has 0 unspecified atom stereocenters. The molecule has 0 bridgehead atoms. The van der Waals surface area contributed by atoms with E-state index in [1.165, 1.54) is 5.56 Å². The molecule has 1 rings (SSSR count). The molecule has 0 aliphatic heterocycles. The Balaban J connectivity index is 0.000000561. The maximum absolute atomic E-state index is 7.00. The van der Waals surface area contributed by atoms with Gasteiger partial charge in [-0.05, 0) is 18.9 Å². The lowest BCUT2D eigenvalue weighted by Crippen LogP contribution is -1.76. The first-order valence-corrected chi connectivity index (χ1v) is 4.03. The maximum Gasteiger partial charge on any atom is 0.0319 e. The summed E-state index contributed by atoms with van der Waals surface area (Å²) in [4.78, 5) is 0. The second-order valence-corrected chi connectivity index (χ2v) is 2.26. The Morgan fingerprint density at radius 1 is 1.17 bits per heavy atom. The molecule has 0 spiro atoms. The molecule has 0 heterocycles. The van der Waals surface area contributed by atoms with Crippen LogP contribution in [0.1, 0.15) is 12.5 Å². The zero-order chi connectivity index (χ0) is 9.23. The summed E-state index contributed by atoms with van der Waals surface area (Å²) in [6.07, 6.45) is 5.29. The number of hydrogen-bond donors (Lipinski definition) is 1. The fraction of sp³-hybridized carbons (Fsp3) is 0.273. The monoisotopic (exact) mass is 164 g/mol. The van der Waals surface area contributed by atoms with Crippen LogP contribution >= 0.6 is 0 Å². The van der Waals surface area contributed by atoms with Crippen molar-refractivity contribution in [3.8, 4) is 0 Å². The topological polar surface area (TPSA) is 20.2 Å². The third kappa shape index (κ3) is 4.69. The van der Waals surface area contributed by atoms with Gasteiger partial charge >= 0.3 is 0 Å². The predicted octanol–water partition coefficient (Wildman–Crippen LogP) is 2.41. The molecule has 0 fully saturated rings. The Morgan fingerprint density at radius 3 is 2.25 bits per heavy atom. The SMILES string of the molecule is C/C=C\Cc1ccccc1.CO. The summed E-state index contributed by atoms with van der Waals surface area (Å²) >= 11 is 0. The summed E-state index contributed by atoms with van der Waals surface area (Å²) in [6.45, 7) is 2.04. The van der Waals surface area contributed by atoms with E-state index in [1.54, 1.807) is 0 Å². The van der Waals surface area contributed by atoms with Crippen molar-refractivity contribution in [1.29, 1.82) is 0 Å². The molecule has 12 heavy (non-hydrogen) atoms. The lowest BCUT2D eigenvalue weighted by atomic mass is 10.1. The van der Waals surface area contributed by atoms with Crippen molar-refractivity contribution in [2.45, 2.75) is 13.3 Å². The van der Waals surface area contributed by atoms with Gasteiger partial charge < -0.3 is 5.11 Å². The van der Waals surface area contributed by atoms with Crippen molar-refractivity contribution in [3.63, 3.8) is 0 Å². The summed E-state index contributed by atoms with van der Waals surface area (Å²) in [5.41, 5.74) is 1.38. The van der Waals surface area contributed by atoms with E-state index >= 15 is 0 Å². The van der Waals surface area contributed by atoms with Gasteiger partial charge in [0.25, 0.3) is 0 Å². The molecule has 0 radical (unpaired) electrons. The van der Waals surface area contributed by atoms with Crippen LogP contribution in [0.5, 0.6) is 0 Å². The third-order valence-corrected chi connectivity index (χ3v) is 1.43. The van der Waals surface area contributed by atoms with E-state index in [-0.39, 0.29) is 0 Å². The van der Waals surface area contributed by atoms with Gasteiger partial charge in [0.1, 0.15) is 0 Å². The highest BCUT2D eigenvalue weighted by Gasteiger charge is 1.83. The molecule has 0 aromatic heterocycles. The van der Waals surface area contributed by atoms with Crippen LogP contribution in [0.2, 0.25) is 0 Å². The quantitative estimate of drug-likeness (QED) is 0.665. The van der Waals surface area contributed by atoms with Gasteiger partial charge in [-0.1, -0.05) is 42.5 Å². The Hall–Kier alpha value is -1.08. The molecule has 66 valence electrons. The van der Waals surface area contributed by atoms with Crippen LogP contribution in [0.25, 0.3) is 0 Å². The average molecular weight is 164 g/mol. The van der Waals surface area contributed by atoms with Crippen LogP contribution in [0, 0.1) is 0 Å². The minimum Gasteiger partial charge on any atom is -0.400 e. The van der Waals surface area contributed by atoms with Crippen LogP contribution in [-0.2, 0) is 6.42 Å². The Bertz CT molecular complexity index is 202. The van der Waals surface area contributed by atoms with Gasteiger partial charge in [-0.3, -0.25) is 0 Å². The highest BCUT2D eigenvalue weighted by molar-refractivity contribution is 5.17. The van der Waals surface area contributed by atoms with Crippen molar-refractivity contribution in [2.24, 2.45) is 0 Å². The Labute approximate surface area is 74.4 Å². The highest BCUT2D eigenvalue weighted by atomic mass is 16.2. The zero-order valence-corrected chi connectivity index (χ0v) is 7.70. The minimum atomic E-state index is 1.00. The van der Waals surface area contributed by atoms with E-state index < -0.39 is 0 Å². The highest BCUT2D eigenvalue weighted by Crippen LogP contribution is 1.99. The number of aliphatic hydroxyl groups is 1.